The monoisotopic (exact) mass is 256 g/mol. The molecule has 2 aromatic rings. The van der Waals surface area contributed by atoms with Crippen LogP contribution < -0.4 is 5.32 Å². The van der Waals surface area contributed by atoms with Gasteiger partial charge in [-0.3, -0.25) is 4.68 Å². The highest BCUT2D eigenvalue weighted by atomic mass is 16.3. The zero-order valence-electron chi connectivity index (χ0n) is 10.8. The Balaban J connectivity index is 2.06. The van der Waals surface area contributed by atoms with E-state index >= 15 is 0 Å². The normalized spacial score (nSPS) is 10.2. The Labute approximate surface area is 112 Å². The van der Waals surface area contributed by atoms with Crippen molar-refractivity contribution >= 4 is 5.69 Å². The lowest BCUT2D eigenvalue weighted by molar-refractivity contribution is 0.269. The SMILES string of the molecule is Cc1cccc(NCc2cnn(CCO)c2)c1C#N. The number of aromatic nitrogens is 2. The molecule has 0 fully saturated rings. The summed E-state index contributed by atoms with van der Waals surface area (Å²) < 4.78 is 1.69. The van der Waals surface area contributed by atoms with Gasteiger partial charge in [0.15, 0.2) is 0 Å². The average Bonchev–Trinajstić information content (AvgIpc) is 2.84. The highest BCUT2D eigenvalue weighted by Gasteiger charge is 2.05. The van der Waals surface area contributed by atoms with Gasteiger partial charge in [0.05, 0.1) is 30.6 Å². The number of aryl methyl sites for hydroxylation is 1. The molecule has 0 atom stereocenters. The van der Waals surface area contributed by atoms with Crippen LogP contribution in [-0.2, 0) is 13.1 Å². The third kappa shape index (κ3) is 3.12. The molecule has 0 bridgehead atoms. The number of aliphatic hydroxyl groups is 1. The molecule has 1 aromatic carbocycles. The molecule has 2 rings (SSSR count). The molecule has 0 aliphatic heterocycles. The maximum atomic E-state index is 9.14. The van der Waals surface area contributed by atoms with E-state index in [1.807, 2.05) is 31.3 Å². The Bertz CT molecular complexity index is 598. The van der Waals surface area contributed by atoms with Gasteiger partial charge in [-0.05, 0) is 18.6 Å². The largest absolute Gasteiger partial charge is 0.394 e. The molecular formula is C14H16N4O. The van der Waals surface area contributed by atoms with Crippen molar-refractivity contribution in [3.8, 4) is 6.07 Å². The van der Waals surface area contributed by atoms with Crippen LogP contribution >= 0.6 is 0 Å². The summed E-state index contributed by atoms with van der Waals surface area (Å²) in [5.41, 5.74) is 3.48. The van der Waals surface area contributed by atoms with Crippen molar-refractivity contribution in [2.24, 2.45) is 0 Å². The number of anilines is 1. The van der Waals surface area contributed by atoms with Gasteiger partial charge in [0, 0.05) is 18.3 Å². The van der Waals surface area contributed by atoms with Crippen molar-refractivity contribution < 1.29 is 5.11 Å². The molecule has 98 valence electrons. The summed E-state index contributed by atoms with van der Waals surface area (Å²) in [6, 6.07) is 7.95. The minimum Gasteiger partial charge on any atom is -0.394 e. The van der Waals surface area contributed by atoms with E-state index in [4.69, 9.17) is 10.4 Å². The van der Waals surface area contributed by atoms with E-state index in [0.717, 1.165) is 16.8 Å². The van der Waals surface area contributed by atoms with Gasteiger partial charge >= 0.3 is 0 Å². The first-order chi connectivity index (χ1) is 9.24. The predicted molar refractivity (Wildman–Crippen MR) is 72.5 cm³/mol. The van der Waals surface area contributed by atoms with Crippen LogP contribution in [0.3, 0.4) is 0 Å². The summed E-state index contributed by atoms with van der Waals surface area (Å²) in [5, 5.41) is 25.3. The molecule has 0 saturated heterocycles. The first kappa shape index (κ1) is 13.1. The quantitative estimate of drug-likeness (QED) is 0.853. The average molecular weight is 256 g/mol. The van der Waals surface area contributed by atoms with Crippen LogP contribution in [0, 0.1) is 18.3 Å². The van der Waals surface area contributed by atoms with Crippen molar-refractivity contribution in [1.82, 2.24) is 9.78 Å². The molecular weight excluding hydrogens is 240 g/mol. The van der Waals surface area contributed by atoms with Crippen LogP contribution in [0.5, 0.6) is 0 Å². The molecule has 19 heavy (non-hydrogen) atoms. The van der Waals surface area contributed by atoms with Gasteiger partial charge in [0.1, 0.15) is 6.07 Å². The minimum atomic E-state index is 0.0744. The molecule has 0 aliphatic rings. The first-order valence-electron chi connectivity index (χ1n) is 6.10. The van der Waals surface area contributed by atoms with Crippen LogP contribution in [0.2, 0.25) is 0 Å². The highest BCUT2D eigenvalue weighted by Crippen LogP contribution is 2.18. The summed E-state index contributed by atoms with van der Waals surface area (Å²) in [6.45, 7) is 3.09. The number of rotatable bonds is 5. The molecule has 1 heterocycles. The minimum absolute atomic E-state index is 0.0744. The van der Waals surface area contributed by atoms with Crippen LogP contribution in [0.1, 0.15) is 16.7 Å². The van der Waals surface area contributed by atoms with Crippen LogP contribution in [0.4, 0.5) is 5.69 Å². The number of nitrogens with one attached hydrogen (secondary N) is 1. The molecule has 0 saturated carbocycles. The molecule has 0 aliphatic carbocycles. The summed E-state index contributed by atoms with van der Waals surface area (Å²) in [5.74, 6) is 0. The summed E-state index contributed by atoms with van der Waals surface area (Å²) >= 11 is 0. The van der Waals surface area contributed by atoms with E-state index in [-0.39, 0.29) is 6.61 Å². The number of nitriles is 1. The fourth-order valence-corrected chi connectivity index (χ4v) is 1.88. The lowest BCUT2D eigenvalue weighted by atomic mass is 10.1. The van der Waals surface area contributed by atoms with Crippen molar-refractivity contribution in [2.75, 3.05) is 11.9 Å². The van der Waals surface area contributed by atoms with Crippen molar-refractivity contribution in [3.63, 3.8) is 0 Å². The van der Waals surface area contributed by atoms with Gasteiger partial charge in [0.2, 0.25) is 0 Å². The summed E-state index contributed by atoms with van der Waals surface area (Å²) in [6.07, 6.45) is 3.63. The highest BCUT2D eigenvalue weighted by molar-refractivity contribution is 5.60. The maximum Gasteiger partial charge on any atom is 0.102 e. The van der Waals surface area contributed by atoms with Crippen LogP contribution in [0.25, 0.3) is 0 Å². The smallest absolute Gasteiger partial charge is 0.102 e. The number of hydrogen-bond donors (Lipinski definition) is 2. The van der Waals surface area contributed by atoms with Gasteiger partial charge in [-0.1, -0.05) is 12.1 Å². The molecule has 5 nitrogen and oxygen atoms in total. The van der Waals surface area contributed by atoms with Gasteiger partial charge in [0.25, 0.3) is 0 Å². The van der Waals surface area contributed by atoms with Gasteiger partial charge in [-0.15, -0.1) is 0 Å². The van der Waals surface area contributed by atoms with E-state index in [0.29, 0.717) is 18.7 Å². The molecule has 5 heteroatoms. The number of benzene rings is 1. The third-order valence-corrected chi connectivity index (χ3v) is 2.88. The second-order valence-corrected chi connectivity index (χ2v) is 4.30. The molecule has 0 unspecified atom stereocenters. The Morgan fingerprint density at radius 3 is 3.05 bits per heavy atom. The molecule has 0 spiro atoms. The van der Waals surface area contributed by atoms with Crippen LogP contribution in [-0.4, -0.2) is 21.5 Å². The standard InChI is InChI=1S/C14H16N4O/c1-11-3-2-4-14(13(11)7-15)16-8-12-9-17-18(10-12)5-6-19/h2-4,9-10,16,19H,5-6,8H2,1H3. The van der Waals surface area contributed by atoms with E-state index in [9.17, 15) is 0 Å². The van der Waals surface area contributed by atoms with E-state index in [1.54, 1.807) is 10.9 Å². The fourth-order valence-electron chi connectivity index (χ4n) is 1.88. The van der Waals surface area contributed by atoms with E-state index in [2.05, 4.69) is 16.5 Å². The molecule has 0 radical (unpaired) electrons. The Hall–Kier alpha value is -2.32. The number of hydrogen-bond acceptors (Lipinski definition) is 4. The third-order valence-electron chi connectivity index (χ3n) is 2.88. The Kier molecular flexibility index (Phi) is 4.16. The first-order valence-corrected chi connectivity index (χ1v) is 6.10. The zero-order valence-corrected chi connectivity index (χ0v) is 10.8. The number of aliphatic hydroxyl groups excluding tert-OH is 1. The Morgan fingerprint density at radius 2 is 2.32 bits per heavy atom. The van der Waals surface area contributed by atoms with Crippen molar-refractivity contribution in [3.05, 3.63) is 47.3 Å². The topological polar surface area (TPSA) is 73.9 Å². The summed E-state index contributed by atoms with van der Waals surface area (Å²) in [4.78, 5) is 0. The van der Waals surface area contributed by atoms with Crippen molar-refractivity contribution in [1.29, 1.82) is 5.26 Å². The second-order valence-electron chi connectivity index (χ2n) is 4.30. The van der Waals surface area contributed by atoms with Crippen molar-refractivity contribution in [2.45, 2.75) is 20.0 Å². The maximum absolute atomic E-state index is 9.14. The molecule has 1 aromatic heterocycles. The number of nitrogens with zero attached hydrogens (tertiary/aromatic N) is 3. The summed E-state index contributed by atoms with van der Waals surface area (Å²) in [7, 11) is 0. The van der Waals surface area contributed by atoms with Gasteiger partial charge in [-0.2, -0.15) is 10.4 Å². The van der Waals surface area contributed by atoms with Gasteiger partial charge < -0.3 is 10.4 Å². The molecule has 0 amide bonds. The lowest BCUT2D eigenvalue weighted by Crippen LogP contribution is -2.03. The predicted octanol–water partition coefficient (Wildman–Crippen LogP) is 1.67. The Morgan fingerprint density at radius 1 is 1.47 bits per heavy atom. The van der Waals surface area contributed by atoms with E-state index in [1.165, 1.54) is 0 Å². The van der Waals surface area contributed by atoms with E-state index < -0.39 is 0 Å². The van der Waals surface area contributed by atoms with Crippen LogP contribution in [0.15, 0.2) is 30.6 Å². The molecule has 2 N–H and O–H groups in total. The van der Waals surface area contributed by atoms with Gasteiger partial charge in [-0.25, -0.2) is 0 Å². The zero-order chi connectivity index (χ0) is 13.7. The second kappa shape index (κ2) is 6.03. The lowest BCUT2D eigenvalue weighted by Gasteiger charge is -2.08. The fraction of sp³-hybridized carbons (Fsp3) is 0.286.